The van der Waals surface area contributed by atoms with Gasteiger partial charge < -0.3 is 15.8 Å². The van der Waals surface area contributed by atoms with Gasteiger partial charge in [-0.3, -0.25) is 14.9 Å². The van der Waals surface area contributed by atoms with Gasteiger partial charge in [-0.2, -0.15) is 0 Å². The first-order valence-corrected chi connectivity index (χ1v) is 12.5. The molecule has 0 radical (unpaired) electrons. The maximum atomic E-state index is 12.6. The molecule has 1 aliphatic carbocycles. The normalized spacial score (nSPS) is 15.6. The van der Waals surface area contributed by atoms with Crippen molar-refractivity contribution in [3.05, 3.63) is 45.8 Å². The van der Waals surface area contributed by atoms with Crippen LogP contribution in [0.4, 0.5) is 5.00 Å². The number of carbonyl (C=O) groups excluding carboxylic acids is 2. The topological polar surface area (TPSA) is 93.4 Å². The predicted octanol–water partition coefficient (Wildman–Crippen LogP) is 5.16. The van der Waals surface area contributed by atoms with Gasteiger partial charge in [0, 0.05) is 10.4 Å². The van der Waals surface area contributed by atoms with E-state index in [1.165, 1.54) is 16.2 Å². The Bertz CT molecular complexity index is 1040. The van der Waals surface area contributed by atoms with Crippen molar-refractivity contribution in [1.29, 1.82) is 0 Å². The third-order valence-corrected chi connectivity index (χ3v) is 7.26. The molecular weight excluding hydrogens is 454 g/mol. The summed E-state index contributed by atoms with van der Waals surface area (Å²) < 4.78 is 5.65. The van der Waals surface area contributed by atoms with Gasteiger partial charge in [0.1, 0.15) is 10.8 Å². The van der Waals surface area contributed by atoms with Gasteiger partial charge in [0.05, 0.1) is 12.2 Å². The number of thiocarbonyl (C=S) groups is 1. The molecule has 2 amide bonds. The number of carbonyl (C=O) groups is 2. The number of anilines is 1. The fraction of sp³-hybridized carbons (Fsp3) is 0.480. The molecule has 0 bridgehead atoms. The summed E-state index contributed by atoms with van der Waals surface area (Å²) in [6.07, 6.45) is 2.75. The molecule has 0 saturated heterocycles. The van der Waals surface area contributed by atoms with E-state index in [4.69, 9.17) is 22.7 Å². The molecule has 0 fully saturated rings. The van der Waals surface area contributed by atoms with Crippen LogP contribution in [-0.4, -0.2) is 23.5 Å². The van der Waals surface area contributed by atoms with E-state index in [9.17, 15) is 9.59 Å². The molecule has 3 rings (SSSR count). The zero-order valence-electron chi connectivity index (χ0n) is 19.9. The Morgan fingerprint density at radius 2 is 1.91 bits per heavy atom. The van der Waals surface area contributed by atoms with Crippen molar-refractivity contribution in [1.82, 2.24) is 5.32 Å². The maximum absolute atomic E-state index is 12.6. The van der Waals surface area contributed by atoms with Crippen molar-refractivity contribution in [3.63, 3.8) is 0 Å². The summed E-state index contributed by atoms with van der Waals surface area (Å²) in [6.45, 7) is 11.5. The number of fused-ring (bicyclic) bond motifs is 1. The molecule has 2 aromatic rings. The van der Waals surface area contributed by atoms with Gasteiger partial charge in [-0.05, 0) is 78.6 Å². The first kappa shape index (κ1) is 25.2. The molecule has 1 aromatic heterocycles. The molecule has 0 aliphatic heterocycles. The van der Waals surface area contributed by atoms with Crippen molar-refractivity contribution >= 4 is 45.5 Å². The van der Waals surface area contributed by atoms with Gasteiger partial charge in [0.15, 0.2) is 5.11 Å². The molecule has 178 valence electrons. The summed E-state index contributed by atoms with van der Waals surface area (Å²) >= 11 is 6.87. The average Bonchev–Trinajstić information content (AvgIpc) is 3.08. The second-order valence-corrected chi connectivity index (χ2v) is 11.5. The van der Waals surface area contributed by atoms with Gasteiger partial charge in [-0.25, -0.2) is 0 Å². The van der Waals surface area contributed by atoms with Crippen LogP contribution in [0.5, 0.6) is 5.75 Å². The maximum Gasteiger partial charge on any atom is 0.257 e. The van der Waals surface area contributed by atoms with E-state index < -0.39 is 5.91 Å². The molecule has 0 spiro atoms. The second-order valence-electron chi connectivity index (χ2n) is 10.0. The van der Waals surface area contributed by atoms with Crippen LogP contribution in [-0.2, 0) is 12.8 Å². The molecule has 1 aromatic carbocycles. The zero-order valence-corrected chi connectivity index (χ0v) is 21.5. The highest BCUT2D eigenvalue weighted by Gasteiger charge is 2.33. The van der Waals surface area contributed by atoms with E-state index in [0.717, 1.165) is 24.8 Å². The van der Waals surface area contributed by atoms with Crippen molar-refractivity contribution < 1.29 is 14.3 Å². The quantitative estimate of drug-likeness (QED) is 0.490. The summed E-state index contributed by atoms with van der Waals surface area (Å²) in [6, 6.07) is 6.91. The van der Waals surface area contributed by atoms with Crippen LogP contribution in [0.3, 0.4) is 0 Å². The number of amides is 2. The Hall–Kier alpha value is -2.45. The van der Waals surface area contributed by atoms with E-state index in [0.29, 0.717) is 40.3 Å². The number of thiophene rings is 1. The molecule has 0 saturated carbocycles. The summed E-state index contributed by atoms with van der Waals surface area (Å²) in [5.41, 5.74) is 7.88. The third-order valence-electron chi connectivity index (χ3n) is 5.89. The van der Waals surface area contributed by atoms with Crippen molar-refractivity contribution in [2.75, 3.05) is 11.9 Å². The van der Waals surface area contributed by atoms with Crippen LogP contribution in [0.15, 0.2) is 24.3 Å². The number of hydrogen-bond acceptors (Lipinski definition) is 5. The number of nitrogens with two attached hydrogens (primary N) is 1. The monoisotopic (exact) mass is 487 g/mol. The van der Waals surface area contributed by atoms with Gasteiger partial charge in [-0.15, -0.1) is 11.3 Å². The molecular formula is C25H33N3O3S2. The lowest BCUT2D eigenvalue weighted by atomic mass is 9.72. The first-order chi connectivity index (χ1) is 15.5. The minimum Gasteiger partial charge on any atom is -0.493 e. The highest BCUT2D eigenvalue weighted by Crippen LogP contribution is 2.44. The Labute approximate surface area is 205 Å². The Morgan fingerprint density at radius 3 is 2.48 bits per heavy atom. The molecule has 6 nitrogen and oxygen atoms in total. The molecule has 1 atom stereocenters. The number of hydrogen-bond donors (Lipinski definition) is 3. The van der Waals surface area contributed by atoms with E-state index in [2.05, 4.69) is 45.3 Å². The largest absolute Gasteiger partial charge is 0.493 e. The molecule has 1 unspecified atom stereocenters. The van der Waals surface area contributed by atoms with E-state index in [1.54, 1.807) is 24.3 Å². The van der Waals surface area contributed by atoms with Crippen molar-refractivity contribution in [2.24, 2.45) is 23.0 Å². The van der Waals surface area contributed by atoms with E-state index >= 15 is 0 Å². The van der Waals surface area contributed by atoms with E-state index in [-0.39, 0.29) is 16.4 Å². The molecule has 1 aliphatic rings. The standard InChI is InChI=1S/C25H33N3O3S2/c1-14(2)13-31-17-9-6-15(7-10-17)22(30)27-24(32)28-23-20(21(26)29)18-11-8-16(25(3,4)5)12-19(18)33-23/h6-7,9-10,14,16H,8,11-13H2,1-5H3,(H2,26,29)(H2,27,28,30,32). The van der Waals surface area contributed by atoms with Gasteiger partial charge >= 0.3 is 0 Å². The molecule has 1 heterocycles. The lowest BCUT2D eigenvalue weighted by Crippen LogP contribution is -2.34. The fourth-order valence-electron chi connectivity index (χ4n) is 3.95. The Balaban J connectivity index is 1.68. The van der Waals surface area contributed by atoms with Gasteiger partial charge in [0.25, 0.3) is 11.8 Å². The summed E-state index contributed by atoms with van der Waals surface area (Å²) in [7, 11) is 0. The third kappa shape index (κ3) is 6.32. The Kier molecular flexibility index (Phi) is 7.80. The van der Waals surface area contributed by atoms with Gasteiger partial charge in [-0.1, -0.05) is 34.6 Å². The number of primary amides is 1. The number of nitrogens with one attached hydrogen (secondary N) is 2. The zero-order chi connectivity index (χ0) is 24.3. The number of benzene rings is 1. The second kappa shape index (κ2) is 10.2. The van der Waals surface area contributed by atoms with E-state index in [1.807, 2.05) is 0 Å². The molecule has 33 heavy (non-hydrogen) atoms. The SMILES string of the molecule is CC(C)COc1ccc(C(=O)NC(=S)Nc2sc3c(c2C(N)=O)CCC(C(C)(C)C)C3)cc1. The lowest BCUT2D eigenvalue weighted by molar-refractivity contribution is 0.0975. The minimum atomic E-state index is -0.477. The van der Waals surface area contributed by atoms with Crippen LogP contribution < -0.4 is 21.1 Å². The van der Waals surface area contributed by atoms with Crippen LogP contribution in [0.25, 0.3) is 0 Å². The number of rotatable bonds is 6. The average molecular weight is 488 g/mol. The molecule has 4 N–H and O–H groups in total. The van der Waals surface area contributed by atoms with Crippen LogP contribution in [0, 0.1) is 17.3 Å². The van der Waals surface area contributed by atoms with Crippen molar-refractivity contribution in [2.45, 2.75) is 53.9 Å². The number of ether oxygens (including phenoxy) is 1. The minimum absolute atomic E-state index is 0.133. The summed E-state index contributed by atoms with van der Waals surface area (Å²) in [4.78, 5) is 26.0. The van der Waals surface area contributed by atoms with Crippen LogP contribution >= 0.6 is 23.6 Å². The van der Waals surface area contributed by atoms with Crippen LogP contribution in [0.1, 0.15) is 72.2 Å². The Morgan fingerprint density at radius 1 is 1.24 bits per heavy atom. The van der Waals surface area contributed by atoms with Crippen molar-refractivity contribution in [3.8, 4) is 5.75 Å². The predicted molar refractivity (Wildman–Crippen MR) is 138 cm³/mol. The molecule has 8 heteroatoms. The fourth-order valence-corrected chi connectivity index (χ4v) is 5.55. The summed E-state index contributed by atoms with van der Waals surface area (Å²) in [5, 5.41) is 6.46. The smallest absolute Gasteiger partial charge is 0.257 e. The van der Waals surface area contributed by atoms with Crippen LogP contribution in [0.2, 0.25) is 0 Å². The lowest BCUT2D eigenvalue weighted by Gasteiger charge is -2.33. The highest BCUT2D eigenvalue weighted by molar-refractivity contribution is 7.80. The summed E-state index contributed by atoms with van der Waals surface area (Å²) in [5.74, 6) is 0.859. The first-order valence-electron chi connectivity index (χ1n) is 11.2. The van der Waals surface area contributed by atoms with Gasteiger partial charge in [0.2, 0.25) is 0 Å². The highest BCUT2D eigenvalue weighted by atomic mass is 32.1.